The second kappa shape index (κ2) is 12.5. The van der Waals surface area contributed by atoms with E-state index in [2.05, 4.69) is 26.7 Å². The van der Waals surface area contributed by atoms with E-state index in [-0.39, 0.29) is 12.3 Å². The Morgan fingerprint density at radius 1 is 0.778 bits per heavy atom. The predicted molar refractivity (Wildman–Crippen MR) is 142 cm³/mol. The molecule has 0 bridgehead atoms. The fraction of sp³-hybridized carbons (Fsp3) is 0.0345. The van der Waals surface area contributed by atoms with Crippen LogP contribution in [-0.2, 0) is 16.2 Å². The van der Waals surface area contributed by atoms with E-state index in [0.29, 0.717) is 22.6 Å². The summed E-state index contributed by atoms with van der Waals surface area (Å²) in [5.74, 6) is 0.328. The smallest absolute Gasteiger partial charge is 0.291 e. The number of hydrogen-bond acceptors (Lipinski definition) is 4. The number of hydrogen-bond donors (Lipinski definition) is 2. The van der Waals surface area contributed by atoms with Crippen molar-refractivity contribution in [2.24, 2.45) is 0 Å². The fourth-order valence-corrected chi connectivity index (χ4v) is 3.58. The monoisotopic (exact) mass is 542 g/mol. The lowest BCUT2D eigenvalue weighted by atomic mass is 10.1. The minimum absolute atomic E-state index is 0.0383. The summed E-state index contributed by atoms with van der Waals surface area (Å²) in [6.45, 7) is 0.188. The molecule has 2 N–H and O–H groups in total. The number of rotatable bonds is 9. The molecular weight excluding hydrogens is 520 g/mol. The highest BCUT2D eigenvalue weighted by Gasteiger charge is 2.15. The van der Waals surface area contributed by atoms with Crippen LogP contribution in [0.25, 0.3) is 6.08 Å². The molecule has 4 aromatic carbocycles. The summed E-state index contributed by atoms with van der Waals surface area (Å²) >= 11 is 3.46. The van der Waals surface area contributed by atoms with Gasteiger partial charge in [-0.25, -0.2) is 5.48 Å². The molecule has 0 aromatic heterocycles. The van der Waals surface area contributed by atoms with Crippen molar-refractivity contribution in [3.63, 3.8) is 0 Å². The largest absolute Gasteiger partial charge is 0.456 e. The van der Waals surface area contributed by atoms with Crippen LogP contribution in [-0.4, -0.2) is 11.8 Å². The second-order valence-corrected chi connectivity index (χ2v) is 8.54. The number of halogens is 1. The molecular formula is C29H23BrN2O4. The number of amides is 2. The number of benzene rings is 4. The standard InChI is InChI=1S/C29H23BrN2O4/c30-25-13-7-8-14-27(25)36-24-17-15-21(16-18-24)19-26(31-28(33)23-11-5-2-6-12-23)29(34)32-35-20-22-9-3-1-4-10-22/h1-19H,20H2,(H,31,33)(H,32,34)/b26-19-. The molecule has 0 aliphatic heterocycles. The molecule has 0 atom stereocenters. The number of carbonyl (C=O) groups excluding carboxylic acids is 2. The van der Waals surface area contributed by atoms with Gasteiger partial charge >= 0.3 is 0 Å². The number of hydroxylamine groups is 1. The topological polar surface area (TPSA) is 76.7 Å². The van der Waals surface area contributed by atoms with Gasteiger partial charge in [-0.3, -0.25) is 14.4 Å². The average molecular weight is 543 g/mol. The first kappa shape index (κ1) is 24.9. The third-order valence-corrected chi connectivity index (χ3v) is 5.69. The molecule has 7 heteroatoms. The third kappa shape index (κ3) is 7.15. The van der Waals surface area contributed by atoms with E-state index in [1.807, 2.05) is 60.7 Å². The van der Waals surface area contributed by atoms with Gasteiger partial charge in [0.05, 0.1) is 11.1 Å². The normalized spacial score (nSPS) is 11.0. The van der Waals surface area contributed by atoms with Crippen LogP contribution < -0.4 is 15.5 Å². The SMILES string of the molecule is O=C(NOCc1ccccc1)/C(=C/c1ccc(Oc2ccccc2Br)cc1)NC(=O)c1ccccc1. The molecule has 0 saturated carbocycles. The number of ether oxygens (including phenoxy) is 1. The Morgan fingerprint density at radius 2 is 1.42 bits per heavy atom. The molecule has 180 valence electrons. The lowest BCUT2D eigenvalue weighted by Gasteiger charge is -2.12. The number of carbonyl (C=O) groups is 2. The Bertz CT molecular complexity index is 1340. The molecule has 36 heavy (non-hydrogen) atoms. The Labute approximate surface area is 217 Å². The van der Waals surface area contributed by atoms with Gasteiger partial charge in [-0.2, -0.15) is 0 Å². The van der Waals surface area contributed by atoms with Crippen LogP contribution in [0.2, 0.25) is 0 Å². The van der Waals surface area contributed by atoms with Gasteiger partial charge in [-0.05, 0) is 69.5 Å². The zero-order valence-corrected chi connectivity index (χ0v) is 20.8. The summed E-state index contributed by atoms with van der Waals surface area (Å²) in [6, 6.07) is 32.8. The van der Waals surface area contributed by atoms with Crippen LogP contribution in [0.4, 0.5) is 0 Å². The molecule has 0 radical (unpaired) electrons. The van der Waals surface area contributed by atoms with E-state index in [1.54, 1.807) is 54.6 Å². The summed E-state index contributed by atoms with van der Waals surface area (Å²) in [5, 5.41) is 2.68. The summed E-state index contributed by atoms with van der Waals surface area (Å²) in [6.07, 6.45) is 1.57. The van der Waals surface area contributed by atoms with Crippen molar-refractivity contribution in [2.45, 2.75) is 6.61 Å². The van der Waals surface area contributed by atoms with E-state index >= 15 is 0 Å². The molecule has 0 aliphatic carbocycles. The van der Waals surface area contributed by atoms with Crippen molar-refractivity contribution in [2.75, 3.05) is 0 Å². The highest BCUT2D eigenvalue weighted by molar-refractivity contribution is 9.10. The molecule has 2 amide bonds. The van der Waals surface area contributed by atoms with E-state index < -0.39 is 11.8 Å². The van der Waals surface area contributed by atoms with Crippen LogP contribution in [0.1, 0.15) is 21.5 Å². The van der Waals surface area contributed by atoms with Crippen molar-refractivity contribution < 1.29 is 19.2 Å². The summed E-state index contributed by atoms with van der Waals surface area (Å²) < 4.78 is 6.74. The Hall–Kier alpha value is -4.20. The lowest BCUT2D eigenvalue weighted by Crippen LogP contribution is -2.34. The maximum Gasteiger partial charge on any atom is 0.291 e. The quantitative estimate of drug-likeness (QED) is 0.193. The molecule has 0 aliphatic rings. The zero-order valence-electron chi connectivity index (χ0n) is 19.2. The predicted octanol–water partition coefficient (Wildman–Crippen LogP) is 6.26. The summed E-state index contributed by atoms with van der Waals surface area (Å²) in [7, 11) is 0. The highest BCUT2D eigenvalue weighted by Crippen LogP contribution is 2.29. The Morgan fingerprint density at radius 3 is 2.11 bits per heavy atom. The van der Waals surface area contributed by atoms with Crippen molar-refractivity contribution in [1.82, 2.24) is 10.8 Å². The van der Waals surface area contributed by atoms with Crippen molar-refractivity contribution >= 4 is 33.8 Å². The zero-order chi connectivity index (χ0) is 25.2. The van der Waals surface area contributed by atoms with Crippen molar-refractivity contribution in [3.8, 4) is 11.5 Å². The van der Waals surface area contributed by atoms with Gasteiger partial charge in [-0.15, -0.1) is 0 Å². The second-order valence-electron chi connectivity index (χ2n) is 7.69. The van der Waals surface area contributed by atoms with Gasteiger partial charge in [0, 0.05) is 5.56 Å². The number of nitrogens with one attached hydrogen (secondary N) is 2. The average Bonchev–Trinajstić information content (AvgIpc) is 2.91. The highest BCUT2D eigenvalue weighted by atomic mass is 79.9. The molecule has 4 aromatic rings. The van der Waals surface area contributed by atoms with E-state index in [4.69, 9.17) is 9.57 Å². The van der Waals surface area contributed by atoms with Gasteiger partial charge < -0.3 is 10.1 Å². The van der Waals surface area contributed by atoms with Crippen molar-refractivity contribution in [1.29, 1.82) is 0 Å². The first-order valence-electron chi connectivity index (χ1n) is 11.1. The van der Waals surface area contributed by atoms with Crippen molar-refractivity contribution in [3.05, 3.63) is 136 Å². The maximum atomic E-state index is 12.9. The summed E-state index contributed by atoms with van der Waals surface area (Å²) in [5.41, 5.74) is 4.47. The van der Waals surface area contributed by atoms with Crippen LogP contribution in [0, 0.1) is 0 Å². The third-order valence-electron chi connectivity index (χ3n) is 5.03. The van der Waals surface area contributed by atoms with E-state index in [1.165, 1.54) is 0 Å². The van der Waals surface area contributed by atoms with Gasteiger partial charge in [0.2, 0.25) is 0 Å². The van der Waals surface area contributed by atoms with E-state index in [0.717, 1.165) is 10.0 Å². The van der Waals surface area contributed by atoms with Gasteiger partial charge in [0.1, 0.15) is 17.2 Å². The fourth-order valence-electron chi connectivity index (χ4n) is 3.21. The summed E-state index contributed by atoms with van der Waals surface area (Å²) in [4.78, 5) is 31.0. The van der Waals surface area contributed by atoms with Crippen LogP contribution >= 0.6 is 15.9 Å². The molecule has 6 nitrogen and oxygen atoms in total. The first-order valence-corrected chi connectivity index (χ1v) is 11.9. The van der Waals surface area contributed by atoms with Gasteiger partial charge in [0.15, 0.2) is 0 Å². The minimum atomic E-state index is -0.580. The molecule has 0 spiro atoms. The molecule has 0 unspecified atom stereocenters. The van der Waals surface area contributed by atoms with E-state index in [9.17, 15) is 9.59 Å². The molecule has 0 saturated heterocycles. The van der Waals surface area contributed by atoms with Crippen LogP contribution in [0.5, 0.6) is 11.5 Å². The lowest BCUT2D eigenvalue weighted by molar-refractivity contribution is -0.130. The minimum Gasteiger partial charge on any atom is -0.456 e. The number of para-hydroxylation sites is 1. The van der Waals surface area contributed by atoms with Gasteiger partial charge in [0.25, 0.3) is 11.8 Å². The van der Waals surface area contributed by atoms with Gasteiger partial charge in [-0.1, -0.05) is 72.8 Å². The first-order chi connectivity index (χ1) is 17.6. The van der Waals surface area contributed by atoms with Crippen LogP contribution in [0.15, 0.2) is 119 Å². The molecule has 0 heterocycles. The van der Waals surface area contributed by atoms with Crippen LogP contribution in [0.3, 0.4) is 0 Å². The molecule has 0 fully saturated rings. The Balaban J connectivity index is 1.49. The Kier molecular flexibility index (Phi) is 8.64. The maximum absolute atomic E-state index is 12.9. The molecule has 4 rings (SSSR count).